The van der Waals surface area contributed by atoms with Crippen molar-refractivity contribution in [3.63, 3.8) is 0 Å². The first-order chi connectivity index (χ1) is 9.66. The average molecular weight is 281 g/mol. The van der Waals surface area contributed by atoms with Gasteiger partial charge in [0.15, 0.2) is 0 Å². The summed E-state index contributed by atoms with van der Waals surface area (Å²) < 4.78 is 0. The summed E-state index contributed by atoms with van der Waals surface area (Å²) in [5.41, 5.74) is 2.89. The molecule has 0 bridgehead atoms. The lowest BCUT2D eigenvalue weighted by Crippen LogP contribution is -2.54. The van der Waals surface area contributed by atoms with Gasteiger partial charge in [0.05, 0.1) is 0 Å². The van der Waals surface area contributed by atoms with Gasteiger partial charge in [-0.25, -0.2) is 14.6 Å². The highest BCUT2D eigenvalue weighted by molar-refractivity contribution is 5.83. The summed E-state index contributed by atoms with van der Waals surface area (Å²) in [5.74, 6) is -0.323. The Labute approximate surface area is 119 Å². The number of carboxylic acids is 1. The van der Waals surface area contributed by atoms with Gasteiger partial charge in [0.2, 0.25) is 0 Å². The van der Waals surface area contributed by atoms with Crippen LogP contribution in [0.25, 0.3) is 0 Å². The molecule has 20 heavy (non-hydrogen) atoms. The molecule has 6 heteroatoms. The number of nitrogens with one attached hydrogen (secondary N) is 1. The minimum absolute atomic E-state index is 0.152. The molecule has 2 aliphatic heterocycles. The summed E-state index contributed by atoms with van der Waals surface area (Å²) in [4.78, 5) is 25.4. The number of rotatable bonds is 2. The fourth-order valence-electron chi connectivity index (χ4n) is 4.04. The Morgan fingerprint density at radius 2 is 1.80 bits per heavy atom. The van der Waals surface area contributed by atoms with Crippen LogP contribution in [0.2, 0.25) is 0 Å². The van der Waals surface area contributed by atoms with Gasteiger partial charge in [0, 0.05) is 19.6 Å². The maximum Gasteiger partial charge on any atom is 0.332 e. The van der Waals surface area contributed by atoms with Gasteiger partial charge in [-0.15, -0.1) is 0 Å². The number of amides is 2. The van der Waals surface area contributed by atoms with Gasteiger partial charge in [0.1, 0.15) is 6.04 Å². The highest BCUT2D eigenvalue weighted by Gasteiger charge is 2.49. The second-order valence-corrected chi connectivity index (χ2v) is 6.25. The zero-order valence-corrected chi connectivity index (χ0v) is 11.8. The van der Waals surface area contributed by atoms with Crippen LogP contribution in [0.15, 0.2) is 0 Å². The van der Waals surface area contributed by atoms with Crippen LogP contribution in [0.1, 0.15) is 38.5 Å². The van der Waals surface area contributed by atoms with Crippen LogP contribution < -0.4 is 5.43 Å². The number of fused-ring (bicyclic) bond motifs is 1. The van der Waals surface area contributed by atoms with E-state index in [0.717, 1.165) is 45.2 Å². The predicted molar refractivity (Wildman–Crippen MR) is 72.9 cm³/mol. The molecule has 2 N–H and O–H groups in total. The molecule has 3 unspecified atom stereocenters. The predicted octanol–water partition coefficient (Wildman–Crippen LogP) is 1.28. The second kappa shape index (κ2) is 5.60. The van der Waals surface area contributed by atoms with E-state index in [-0.39, 0.29) is 11.9 Å². The van der Waals surface area contributed by atoms with Crippen molar-refractivity contribution in [1.29, 1.82) is 0 Å². The molecule has 2 saturated heterocycles. The first-order valence-corrected chi connectivity index (χ1v) is 7.72. The molecule has 3 rings (SSSR count). The molecule has 112 valence electrons. The third-order valence-corrected chi connectivity index (χ3v) is 5.01. The van der Waals surface area contributed by atoms with E-state index in [2.05, 4.69) is 5.43 Å². The van der Waals surface area contributed by atoms with Crippen molar-refractivity contribution in [2.75, 3.05) is 19.6 Å². The fraction of sp³-hybridized carbons (Fsp3) is 0.857. The number of carbonyl (C=O) groups excluding carboxylic acids is 1. The minimum atomic E-state index is -0.854. The van der Waals surface area contributed by atoms with E-state index in [4.69, 9.17) is 0 Å². The summed E-state index contributed by atoms with van der Waals surface area (Å²) in [6, 6.07) is -0.860. The number of hydrogen-bond acceptors (Lipinski definition) is 3. The van der Waals surface area contributed by atoms with Gasteiger partial charge in [-0.3, -0.25) is 5.43 Å². The van der Waals surface area contributed by atoms with E-state index < -0.39 is 12.0 Å². The van der Waals surface area contributed by atoms with Gasteiger partial charge < -0.3 is 10.0 Å². The lowest BCUT2D eigenvalue weighted by Gasteiger charge is -2.31. The number of hydrazine groups is 1. The molecule has 3 fully saturated rings. The number of hydrogen-bond donors (Lipinski definition) is 2. The minimum Gasteiger partial charge on any atom is -0.480 e. The van der Waals surface area contributed by atoms with E-state index in [1.807, 2.05) is 5.01 Å². The van der Waals surface area contributed by atoms with Crippen molar-refractivity contribution >= 4 is 12.0 Å². The Hall–Kier alpha value is -1.30. The molecule has 6 nitrogen and oxygen atoms in total. The molecular weight excluding hydrogens is 258 g/mol. The number of nitrogens with zero attached hydrogens (tertiary/aromatic N) is 2. The molecule has 0 spiro atoms. The van der Waals surface area contributed by atoms with E-state index >= 15 is 0 Å². The van der Waals surface area contributed by atoms with Gasteiger partial charge in [0.25, 0.3) is 0 Å². The number of piperidine rings is 1. The van der Waals surface area contributed by atoms with Crippen LogP contribution in [0, 0.1) is 11.8 Å². The third-order valence-electron chi connectivity index (χ3n) is 5.01. The van der Waals surface area contributed by atoms with Crippen molar-refractivity contribution in [3.05, 3.63) is 0 Å². The molecule has 1 saturated carbocycles. The largest absolute Gasteiger partial charge is 0.480 e. The number of aliphatic carboxylic acids is 1. The fourth-order valence-corrected chi connectivity index (χ4v) is 4.04. The molecule has 2 heterocycles. The monoisotopic (exact) mass is 281 g/mol. The smallest absolute Gasteiger partial charge is 0.332 e. The molecule has 0 aromatic heterocycles. The highest BCUT2D eigenvalue weighted by atomic mass is 16.4. The number of carbonyl (C=O) groups is 2. The van der Waals surface area contributed by atoms with Gasteiger partial charge in [-0.05, 0) is 37.5 Å². The summed E-state index contributed by atoms with van der Waals surface area (Å²) in [6.45, 7) is 2.33. The number of carboxylic acid groups (broad SMARTS) is 1. The first-order valence-electron chi connectivity index (χ1n) is 7.72. The van der Waals surface area contributed by atoms with Crippen molar-refractivity contribution < 1.29 is 14.7 Å². The van der Waals surface area contributed by atoms with Crippen LogP contribution in [-0.2, 0) is 4.79 Å². The van der Waals surface area contributed by atoms with Crippen molar-refractivity contribution in [1.82, 2.24) is 15.3 Å². The van der Waals surface area contributed by atoms with Crippen molar-refractivity contribution in [2.24, 2.45) is 11.8 Å². The molecule has 0 aromatic carbocycles. The molecule has 3 aliphatic rings. The Morgan fingerprint density at radius 1 is 1.05 bits per heavy atom. The highest BCUT2D eigenvalue weighted by Crippen LogP contribution is 2.42. The van der Waals surface area contributed by atoms with Gasteiger partial charge in [-0.2, -0.15) is 0 Å². The lowest BCUT2D eigenvalue weighted by atomic mass is 9.94. The maximum absolute atomic E-state index is 12.4. The maximum atomic E-state index is 12.4. The van der Waals surface area contributed by atoms with E-state index in [9.17, 15) is 14.7 Å². The van der Waals surface area contributed by atoms with Crippen LogP contribution in [-0.4, -0.2) is 52.7 Å². The molecule has 2 amide bonds. The van der Waals surface area contributed by atoms with Gasteiger partial charge in [-0.1, -0.05) is 12.8 Å². The molecular formula is C14H23N3O3. The molecule has 3 atom stereocenters. The quantitative estimate of drug-likeness (QED) is 0.800. The Morgan fingerprint density at radius 3 is 2.50 bits per heavy atom. The van der Waals surface area contributed by atoms with Crippen LogP contribution >= 0.6 is 0 Å². The number of likely N-dealkylation sites (tertiary alicyclic amines) is 1. The van der Waals surface area contributed by atoms with Gasteiger partial charge >= 0.3 is 12.0 Å². The normalized spacial score (nSPS) is 34.0. The van der Waals surface area contributed by atoms with E-state index in [0.29, 0.717) is 12.5 Å². The van der Waals surface area contributed by atoms with Crippen molar-refractivity contribution in [2.45, 2.75) is 44.6 Å². The topological polar surface area (TPSA) is 72.9 Å². The first kappa shape index (κ1) is 13.7. The third kappa shape index (κ3) is 2.49. The van der Waals surface area contributed by atoms with Crippen LogP contribution in [0.5, 0.6) is 0 Å². The zero-order valence-electron chi connectivity index (χ0n) is 11.8. The lowest BCUT2D eigenvalue weighted by molar-refractivity contribution is -0.142. The summed E-state index contributed by atoms with van der Waals surface area (Å²) in [7, 11) is 0. The van der Waals surface area contributed by atoms with Crippen molar-refractivity contribution in [3.8, 4) is 0 Å². The Bertz CT molecular complexity index is 395. The molecule has 0 aromatic rings. The zero-order chi connectivity index (χ0) is 14.1. The second-order valence-electron chi connectivity index (χ2n) is 6.25. The summed E-state index contributed by atoms with van der Waals surface area (Å²) >= 11 is 0. The molecule has 0 radical (unpaired) electrons. The average Bonchev–Trinajstić information content (AvgIpc) is 2.98. The summed E-state index contributed by atoms with van der Waals surface area (Å²) in [5, 5.41) is 11.4. The van der Waals surface area contributed by atoms with Crippen LogP contribution in [0.4, 0.5) is 4.79 Å². The Balaban J connectivity index is 1.65. The summed E-state index contributed by atoms with van der Waals surface area (Å²) in [6.07, 6.45) is 6.48. The standard InChI is InChI=1S/C14H23N3O3/c18-13(19)12-11-6-4-5-10(11)9-17(12)14(20)15-16-7-2-1-3-8-16/h10-12H,1-9H2,(H,15,20)(H,18,19). The SMILES string of the molecule is O=C(O)C1C2CCCC2CN1C(=O)NN1CCCCC1. The van der Waals surface area contributed by atoms with E-state index in [1.165, 1.54) is 6.42 Å². The van der Waals surface area contributed by atoms with E-state index in [1.54, 1.807) is 4.90 Å². The number of urea groups is 1. The molecule has 1 aliphatic carbocycles. The van der Waals surface area contributed by atoms with Crippen LogP contribution in [0.3, 0.4) is 0 Å². The Kier molecular flexibility index (Phi) is 3.83.